The standard InChI is InChI=1S/C112H90N8O6S3/c1-69-7-31-81(32-8-69)105-89-47-51-93(113-89)107(83-35-11-71(3)12-36-83)97-55-59-101(117-97)111(102-60-56-98(118-102)108(94-52-48-90(105)114-94)84-37-13-72(4)14-38-84)87-43-27-79(28-44-87)67-128(123,124)65-77-23-19-75(20-24-77)63-127(121,122)64-76-21-25-78(26-22-76)66-129(125,126)68-80-29-45-88(46-30-80)112-103-61-57-99(119-103)109(85-39-15-73(5)16-40-85)95-53-49-91(115-95)106(82-33-9-70(2)10-34-82)92-50-54-96(116-92)110(100-58-62-104(112)120-100)86-41-17-74(6)18-42-86/h7-62,113,115,118,120H,63-68H2,1-6H3. The van der Waals surface area contributed by atoms with Crippen molar-refractivity contribution in [3.63, 3.8) is 0 Å². The number of sulfone groups is 3. The number of benzene rings is 10. The van der Waals surface area contributed by atoms with Crippen LogP contribution in [0.3, 0.4) is 0 Å². The molecule has 0 spiro atoms. The molecule has 16 aromatic rings. The van der Waals surface area contributed by atoms with E-state index >= 15 is 0 Å². The van der Waals surface area contributed by atoms with Crippen LogP contribution in [0, 0.1) is 41.5 Å². The molecule has 0 saturated carbocycles. The normalized spacial score (nSPS) is 12.5. The van der Waals surface area contributed by atoms with Gasteiger partial charge in [-0.25, -0.2) is 45.2 Å². The van der Waals surface area contributed by atoms with E-state index in [0.717, 1.165) is 212 Å². The highest BCUT2D eigenvalue weighted by Crippen LogP contribution is 2.43. The van der Waals surface area contributed by atoms with Gasteiger partial charge in [-0.3, -0.25) is 0 Å². The van der Waals surface area contributed by atoms with Gasteiger partial charge >= 0.3 is 0 Å². The molecule has 10 aromatic carbocycles. The molecule has 14 nitrogen and oxygen atoms in total. The van der Waals surface area contributed by atoms with Gasteiger partial charge in [-0.15, -0.1) is 0 Å². The van der Waals surface area contributed by atoms with Gasteiger partial charge in [0.25, 0.3) is 0 Å². The molecule has 129 heavy (non-hydrogen) atoms. The molecule has 4 aliphatic heterocycles. The first-order valence-corrected chi connectivity index (χ1v) is 48.6. The van der Waals surface area contributed by atoms with Crippen LogP contribution in [0.25, 0.3) is 182 Å². The van der Waals surface area contributed by atoms with Crippen molar-refractivity contribution >= 4 is 122 Å². The summed E-state index contributed by atoms with van der Waals surface area (Å²) >= 11 is 0. The monoisotopic (exact) mass is 1740 g/mol. The number of nitrogens with one attached hydrogen (secondary N) is 4. The summed E-state index contributed by atoms with van der Waals surface area (Å²) in [7, 11) is -11.2. The van der Waals surface area contributed by atoms with Crippen LogP contribution in [-0.2, 0) is 64.0 Å². The van der Waals surface area contributed by atoms with E-state index in [1.54, 1.807) is 48.5 Å². The number of fused-ring (bicyclic) bond motifs is 16. The second-order valence-corrected chi connectivity index (χ2v) is 40.5. The highest BCUT2D eigenvalue weighted by Gasteiger charge is 2.26. The maximum absolute atomic E-state index is 14.2. The zero-order valence-electron chi connectivity index (χ0n) is 72.0. The zero-order valence-corrected chi connectivity index (χ0v) is 74.5. The van der Waals surface area contributed by atoms with E-state index in [1.165, 1.54) is 0 Å². The van der Waals surface area contributed by atoms with Crippen molar-refractivity contribution < 1.29 is 25.3 Å². The lowest BCUT2D eigenvalue weighted by Crippen LogP contribution is -2.10. The van der Waals surface area contributed by atoms with Crippen LogP contribution in [0.15, 0.2) is 291 Å². The Bertz CT molecular complexity index is 7490. The number of rotatable bonds is 20. The van der Waals surface area contributed by atoms with Crippen LogP contribution in [0.4, 0.5) is 0 Å². The van der Waals surface area contributed by atoms with Crippen LogP contribution in [-0.4, -0.2) is 65.1 Å². The third-order valence-corrected chi connectivity index (χ3v) is 29.0. The fraction of sp³-hybridized carbons (Fsp3) is 0.107. The summed E-state index contributed by atoms with van der Waals surface area (Å²) < 4.78 is 84.6. The smallest absolute Gasteiger partial charge is 0.158 e. The topological polar surface area (TPSA) is 217 Å². The molecule has 0 saturated heterocycles. The van der Waals surface area contributed by atoms with Gasteiger partial charge in [0.05, 0.1) is 80.1 Å². The first-order chi connectivity index (χ1) is 62.4. The molecule has 0 aliphatic carbocycles. The third kappa shape index (κ3) is 17.5. The lowest BCUT2D eigenvalue weighted by molar-refractivity contribution is 0.592. The van der Waals surface area contributed by atoms with E-state index in [4.69, 9.17) is 19.9 Å². The van der Waals surface area contributed by atoms with Crippen LogP contribution >= 0.6 is 0 Å². The number of aromatic amines is 4. The van der Waals surface area contributed by atoms with Crippen molar-refractivity contribution in [1.82, 2.24) is 39.9 Å². The molecule has 632 valence electrons. The van der Waals surface area contributed by atoms with Crippen molar-refractivity contribution in [2.75, 3.05) is 0 Å². The summed E-state index contributed by atoms with van der Waals surface area (Å²) in [6.07, 6.45) is 16.6. The Morgan fingerprint density at radius 1 is 0.171 bits per heavy atom. The molecule has 10 heterocycles. The van der Waals surface area contributed by atoms with Gasteiger partial charge in [0.2, 0.25) is 0 Å². The third-order valence-electron chi connectivity index (χ3n) is 24.4. The molecular weight excluding hydrogens is 1650 g/mol. The number of hydrogen-bond donors (Lipinski definition) is 4. The molecule has 20 rings (SSSR count). The van der Waals surface area contributed by atoms with Crippen LogP contribution < -0.4 is 0 Å². The van der Waals surface area contributed by atoms with Gasteiger partial charge in [-0.2, -0.15) is 0 Å². The number of hydrogen-bond acceptors (Lipinski definition) is 10. The fourth-order valence-corrected chi connectivity index (χ4v) is 22.3. The van der Waals surface area contributed by atoms with Crippen molar-refractivity contribution in [2.45, 2.75) is 76.1 Å². The van der Waals surface area contributed by atoms with Crippen molar-refractivity contribution in [3.8, 4) is 89.0 Å². The summed E-state index contributed by atoms with van der Waals surface area (Å²) in [5.74, 6) is -1.55. The largest absolute Gasteiger partial charge is 0.354 e. The Labute approximate surface area is 750 Å². The number of aromatic nitrogens is 8. The highest BCUT2D eigenvalue weighted by atomic mass is 32.2. The molecule has 0 atom stereocenters. The molecule has 0 unspecified atom stereocenters. The number of aryl methyl sites for hydroxylation is 6. The van der Waals surface area contributed by atoms with E-state index in [9.17, 15) is 25.3 Å². The molecule has 4 aliphatic rings. The molecule has 0 radical (unpaired) electrons. The Balaban J connectivity index is 0.530. The fourth-order valence-electron chi connectivity index (χ4n) is 17.8. The predicted molar refractivity (Wildman–Crippen MR) is 531 cm³/mol. The van der Waals surface area contributed by atoms with Gasteiger partial charge in [0.1, 0.15) is 0 Å². The van der Waals surface area contributed by atoms with E-state index in [-0.39, 0.29) is 34.5 Å². The highest BCUT2D eigenvalue weighted by molar-refractivity contribution is 7.90. The minimum absolute atomic E-state index is 0.232. The minimum atomic E-state index is -3.74. The van der Waals surface area contributed by atoms with Gasteiger partial charge in [-0.05, 0) is 217 Å². The summed E-state index contributed by atoms with van der Waals surface area (Å²) in [4.78, 5) is 37.2. The minimum Gasteiger partial charge on any atom is -0.354 e. The van der Waals surface area contributed by atoms with Crippen LogP contribution in [0.5, 0.6) is 0 Å². The summed E-state index contributed by atoms with van der Waals surface area (Å²) in [5, 5.41) is 0. The molecular formula is C112H90N8O6S3. The molecule has 0 amide bonds. The number of nitrogens with zero attached hydrogens (tertiary/aromatic N) is 4. The Morgan fingerprint density at radius 2 is 0.287 bits per heavy atom. The van der Waals surface area contributed by atoms with E-state index in [1.807, 2.05) is 60.7 Å². The first-order valence-electron chi connectivity index (χ1n) is 43.1. The predicted octanol–water partition coefficient (Wildman–Crippen LogP) is 26.2. The SMILES string of the molecule is Cc1ccc(-c2c3nc(c(-c4ccc(C)cc4)c4ccc([nH]4)c(-c4ccc(CS(=O)(=O)Cc5ccc(CS(=O)(=O)Cc6ccc(CS(=O)(=O)Cc7ccc(-c8c9nc(c(-c%10ccc(C)cc%10)c%10ccc([nH]%10)c(-c%10ccc(C)cc%10)c%10nc(c(-c%11ccc(C)cc%11)c%11ccc8[nH]%11)C=C%10)C=C9)cc7)cc6)cc5)cc4)c4nc(c(-c5ccc(C)cc5)c5ccc2[nH]5)C=C4)C=C3)cc1. The molecule has 17 heteroatoms. The molecule has 4 N–H and O–H groups in total. The second kappa shape index (κ2) is 33.9. The average molecular weight is 1740 g/mol. The quantitative estimate of drug-likeness (QED) is 0.0566. The first kappa shape index (κ1) is 82.5. The van der Waals surface area contributed by atoms with E-state index in [0.29, 0.717) is 33.4 Å². The van der Waals surface area contributed by atoms with E-state index in [2.05, 4.69) is 292 Å². The average Bonchev–Trinajstić information content (AvgIpc) is 1.62. The molecule has 0 fully saturated rings. The van der Waals surface area contributed by atoms with E-state index < -0.39 is 29.5 Å². The van der Waals surface area contributed by atoms with Gasteiger partial charge in [-0.1, -0.05) is 276 Å². The summed E-state index contributed by atoms with van der Waals surface area (Å²) in [6.45, 7) is 12.5. The van der Waals surface area contributed by atoms with Crippen LogP contribution in [0.1, 0.15) is 112 Å². The lowest BCUT2D eigenvalue weighted by Gasteiger charge is -2.10. The molecule has 16 bridgehead atoms. The van der Waals surface area contributed by atoms with Crippen molar-refractivity contribution in [1.29, 1.82) is 0 Å². The van der Waals surface area contributed by atoms with Gasteiger partial charge in [0.15, 0.2) is 29.5 Å². The van der Waals surface area contributed by atoms with Crippen molar-refractivity contribution in [2.24, 2.45) is 0 Å². The lowest BCUT2D eigenvalue weighted by atomic mass is 10.0. The Hall–Kier alpha value is -14.8. The summed E-state index contributed by atoms with van der Waals surface area (Å²) in [5.41, 5.74) is 38.3. The zero-order chi connectivity index (χ0) is 88.4. The molecule has 6 aromatic heterocycles. The van der Waals surface area contributed by atoms with Crippen molar-refractivity contribution in [3.05, 3.63) is 403 Å². The maximum atomic E-state index is 14.2. The maximum Gasteiger partial charge on any atom is 0.158 e. The number of H-pyrrole nitrogens is 4. The van der Waals surface area contributed by atoms with Gasteiger partial charge < -0.3 is 19.9 Å². The van der Waals surface area contributed by atoms with Crippen LogP contribution in [0.2, 0.25) is 0 Å². The van der Waals surface area contributed by atoms with Gasteiger partial charge in [0, 0.05) is 88.6 Å². The Morgan fingerprint density at radius 3 is 0.419 bits per heavy atom. The summed E-state index contributed by atoms with van der Waals surface area (Å²) in [6, 6.07) is 96.6. The Kier molecular flexibility index (Phi) is 21.7. The second-order valence-electron chi connectivity index (χ2n) is 34.3.